The lowest BCUT2D eigenvalue weighted by atomic mass is 10.1. The molecular formula is C9H14F3N3. The molecular weight excluding hydrogens is 207 g/mol. The third-order valence-corrected chi connectivity index (χ3v) is 2.51. The van der Waals surface area contributed by atoms with E-state index in [-0.39, 0.29) is 6.54 Å². The molecule has 1 unspecified atom stereocenters. The topological polar surface area (TPSA) is 43.8 Å². The van der Waals surface area contributed by atoms with Crippen molar-refractivity contribution in [3.8, 4) is 0 Å². The molecule has 0 aromatic carbocycles. The second-order valence-electron chi connectivity index (χ2n) is 3.54. The van der Waals surface area contributed by atoms with Crippen LogP contribution < -0.4 is 5.73 Å². The summed E-state index contributed by atoms with van der Waals surface area (Å²) in [5, 5.41) is 0. The number of hydrogen-bond donors (Lipinski definition) is 1. The molecule has 1 aromatic heterocycles. The Morgan fingerprint density at radius 3 is 2.40 bits per heavy atom. The van der Waals surface area contributed by atoms with Gasteiger partial charge in [0, 0.05) is 18.8 Å². The SMILES string of the molecule is Cc1ncn(CC(CN)C(F)(F)F)c1C. The van der Waals surface area contributed by atoms with Crippen LogP contribution in [0.15, 0.2) is 6.33 Å². The van der Waals surface area contributed by atoms with Gasteiger partial charge in [-0.3, -0.25) is 0 Å². The van der Waals surface area contributed by atoms with Crippen molar-refractivity contribution in [2.24, 2.45) is 11.7 Å². The van der Waals surface area contributed by atoms with Gasteiger partial charge in [0.1, 0.15) is 0 Å². The van der Waals surface area contributed by atoms with Gasteiger partial charge < -0.3 is 10.3 Å². The first-order chi connectivity index (χ1) is 6.86. The molecule has 0 amide bonds. The Morgan fingerprint density at radius 2 is 2.07 bits per heavy atom. The second-order valence-corrected chi connectivity index (χ2v) is 3.54. The highest BCUT2D eigenvalue weighted by atomic mass is 19.4. The Balaban J connectivity index is 2.80. The van der Waals surface area contributed by atoms with Crippen LogP contribution in [0.4, 0.5) is 13.2 Å². The highest BCUT2D eigenvalue weighted by Crippen LogP contribution is 2.27. The zero-order valence-electron chi connectivity index (χ0n) is 8.67. The van der Waals surface area contributed by atoms with Crippen LogP contribution in [0.1, 0.15) is 11.4 Å². The molecule has 0 saturated carbocycles. The van der Waals surface area contributed by atoms with E-state index in [0.29, 0.717) is 0 Å². The Labute approximate surface area is 86.1 Å². The molecule has 15 heavy (non-hydrogen) atoms. The van der Waals surface area contributed by atoms with Crippen molar-refractivity contribution >= 4 is 0 Å². The van der Waals surface area contributed by atoms with Crippen LogP contribution in [0.3, 0.4) is 0 Å². The fraction of sp³-hybridized carbons (Fsp3) is 0.667. The van der Waals surface area contributed by atoms with Gasteiger partial charge in [-0.05, 0) is 13.8 Å². The van der Waals surface area contributed by atoms with Crippen molar-refractivity contribution < 1.29 is 13.2 Å². The molecule has 3 nitrogen and oxygen atoms in total. The molecule has 0 fully saturated rings. The average molecular weight is 221 g/mol. The molecule has 0 radical (unpaired) electrons. The minimum Gasteiger partial charge on any atom is -0.334 e. The molecule has 0 bridgehead atoms. The van der Waals surface area contributed by atoms with Crippen LogP contribution in [-0.4, -0.2) is 22.3 Å². The number of alkyl halides is 3. The second kappa shape index (κ2) is 4.22. The van der Waals surface area contributed by atoms with Gasteiger partial charge in [-0.1, -0.05) is 0 Å². The van der Waals surface area contributed by atoms with E-state index >= 15 is 0 Å². The van der Waals surface area contributed by atoms with Gasteiger partial charge in [0.2, 0.25) is 0 Å². The first-order valence-electron chi connectivity index (χ1n) is 4.61. The third-order valence-electron chi connectivity index (χ3n) is 2.51. The van der Waals surface area contributed by atoms with E-state index in [2.05, 4.69) is 4.98 Å². The summed E-state index contributed by atoms with van der Waals surface area (Å²) < 4.78 is 38.8. The maximum atomic E-state index is 12.4. The van der Waals surface area contributed by atoms with Gasteiger partial charge >= 0.3 is 6.18 Å². The van der Waals surface area contributed by atoms with Crippen LogP contribution in [-0.2, 0) is 6.54 Å². The molecule has 0 aliphatic carbocycles. The van der Waals surface area contributed by atoms with Crippen LogP contribution in [0.2, 0.25) is 0 Å². The summed E-state index contributed by atoms with van der Waals surface area (Å²) in [5.41, 5.74) is 6.60. The van der Waals surface area contributed by atoms with E-state index in [1.165, 1.54) is 10.9 Å². The van der Waals surface area contributed by atoms with E-state index < -0.39 is 18.6 Å². The number of imidazole rings is 1. The van der Waals surface area contributed by atoms with E-state index in [9.17, 15) is 13.2 Å². The van der Waals surface area contributed by atoms with Crippen LogP contribution in [0, 0.1) is 19.8 Å². The lowest BCUT2D eigenvalue weighted by Crippen LogP contribution is -2.33. The normalized spacial score (nSPS) is 14.3. The summed E-state index contributed by atoms with van der Waals surface area (Å²) in [6, 6.07) is 0. The Bertz CT molecular complexity index is 330. The maximum absolute atomic E-state index is 12.4. The number of nitrogens with zero attached hydrogens (tertiary/aromatic N) is 2. The van der Waals surface area contributed by atoms with Crippen molar-refractivity contribution in [1.29, 1.82) is 0 Å². The summed E-state index contributed by atoms with van der Waals surface area (Å²) >= 11 is 0. The molecule has 0 saturated heterocycles. The smallest absolute Gasteiger partial charge is 0.334 e. The molecule has 1 aromatic rings. The predicted octanol–water partition coefficient (Wildman–Crippen LogP) is 1.64. The monoisotopic (exact) mass is 221 g/mol. The third kappa shape index (κ3) is 2.71. The van der Waals surface area contributed by atoms with Gasteiger partial charge in [-0.15, -0.1) is 0 Å². The molecule has 86 valence electrons. The summed E-state index contributed by atoms with van der Waals surface area (Å²) in [5.74, 6) is -1.51. The van der Waals surface area contributed by atoms with Gasteiger partial charge in [0.05, 0.1) is 17.9 Å². The number of halogens is 3. The zero-order chi connectivity index (χ0) is 11.6. The van der Waals surface area contributed by atoms with E-state index in [1.807, 2.05) is 0 Å². The highest BCUT2D eigenvalue weighted by molar-refractivity contribution is 5.08. The standard InChI is InChI=1S/C9H14F3N3/c1-6-7(2)15(5-14-6)4-8(3-13)9(10,11)12/h5,8H,3-4,13H2,1-2H3. The molecule has 1 heterocycles. The summed E-state index contributed by atoms with van der Waals surface area (Å²) in [7, 11) is 0. The van der Waals surface area contributed by atoms with Crippen LogP contribution in [0.5, 0.6) is 0 Å². The zero-order valence-corrected chi connectivity index (χ0v) is 8.67. The average Bonchev–Trinajstić information content (AvgIpc) is 2.43. The van der Waals surface area contributed by atoms with Crippen molar-refractivity contribution in [2.45, 2.75) is 26.6 Å². The molecule has 2 N–H and O–H groups in total. The van der Waals surface area contributed by atoms with Crippen LogP contribution in [0.25, 0.3) is 0 Å². The first kappa shape index (κ1) is 12.0. The fourth-order valence-corrected chi connectivity index (χ4v) is 1.28. The molecule has 1 rings (SSSR count). The number of hydrogen-bond acceptors (Lipinski definition) is 2. The number of aryl methyl sites for hydroxylation is 1. The Morgan fingerprint density at radius 1 is 1.47 bits per heavy atom. The van der Waals surface area contributed by atoms with Gasteiger partial charge in [-0.2, -0.15) is 13.2 Å². The Hall–Kier alpha value is -1.04. The molecule has 1 atom stereocenters. The summed E-state index contributed by atoms with van der Waals surface area (Å²) in [6.07, 6.45) is -2.83. The lowest BCUT2D eigenvalue weighted by Gasteiger charge is -2.19. The number of nitrogens with two attached hydrogens (primary N) is 1. The molecule has 6 heteroatoms. The van der Waals surface area contributed by atoms with Crippen molar-refractivity contribution in [1.82, 2.24) is 9.55 Å². The van der Waals surface area contributed by atoms with E-state index in [4.69, 9.17) is 5.73 Å². The number of aromatic nitrogens is 2. The number of rotatable bonds is 3. The van der Waals surface area contributed by atoms with Crippen LogP contribution >= 0.6 is 0 Å². The highest BCUT2D eigenvalue weighted by Gasteiger charge is 2.38. The largest absolute Gasteiger partial charge is 0.394 e. The lowest BCUT2D eigenvalue weighted by molar-refractivity contribution is -0.175. The van der Waals surface area contributed by atoms with Crippen molar-refractivity contribution in [3.63, 3.8) is 0 Å². The minimum atomic E-state index is -4.25. The van der Waals surface area contributed by atoms with Crippen molar-refractivity contribution in [3.05, 3.63) is 17.7 Å². The Kier molecular flexibility index (Phi) is 3.38. The van der Waals surface area contributed by atoms with Gasteiger partial charge in [0.15, 0.2) is 0 Å². The van der Waals surface area contributed by atoms with E-state index in [1.54, 1.807) is 13.8 Å². The fourth-order valence-electron chi connectivity index (χ4n) is 1.28. The predicted molar refractivity (Wildman–Crippen MR) is 50.3 cm³/mol. The van der Waals surface area contributed by atoms with Gasteiger partial charge in [-0.25, -0.2) is 4.98 Å². The summed E-state index contributed by atoms with van der Waals surface area (Å²) in [6.45, 7) is 2.94. The maximum Gasteiger partial charge on any atom is 0.394 e. The minimum absolute atomic E-state index is 0.160. The van der Waals surface area contributed by atoms with Gasteiger partial charge in [0.25, 0.3) is 0 Å². The first-order valence-corrected chi connectivity index (χ1v) is 4.61. The molecule has 0 spiro atoms. The molecule has 0 aliphatic heterocycles. The molecule has 0 aliphatic rings. The van der Waals surface area contributed by atoms with Crippen molar-refractivity contribution in [2.75, 3.05) is 6.54 Å². The van der Waals surface area contributed by atoms with E-state index in [0.717, 1.165) is 11.4 Å². The summed E-state index contributed by atoms with van der Waals surface area (Å²) in [4.78, 5) is 3.94. The quantitative estimate of drug-likeness (QED) is 0.843.